The van der Waals surface area contributed by atoms with E-state index in [-0.39, 0.29) is 24.7 Å². The summed E-state index contributed by atoms with van der Waals surface area (Å²) in [5.41, 5.74) is 6.57. The second-order valence-corrected chi connectivity index (χ2v) is 4.55. The number of carbonyl (C=O) groups is 2. The Morgan fingerprint density at radius 3 is 2.80 bits per heavy atom. The van der Waals surface area contributed by atoms with Crippen molar-refractivity contribution in [2.45, 2.75) is 13.3 Å². The molecule has 0 bridgehead atoms. The van der Waals surface area contributed by atoms with Gasteiger partial charge in [0.25, 0.3) is 0 Å². The molecule has 0 unspecified atom stereocenters. The zero-order chi connectivity index (χ0) is 14.7. The number of benzene rings is 1. The van der Waals surface area contributed by atoms with Crippen molar-refractivity contribution in [3.63, 3.8) is 0 Å². The lowest BCUT2D eigenvalue weighted by molar-refractivity contribution is -0.134. The fourth-order valence-corrected chi connectivity index (χ4v) is 2.14. The van der Waals surface area contributed by atoms with Crippen LogP contribution < -0.4 is 5.73 Å². The van der Waals surface area contributed by atoms with Crippen LogP contribution in [-0.4, -0.2) is 34.8 Å². The second-order valence-electron chi connectivity index (χ2n) is 4.55. The number of fused-ring (bicyclic) bond motifs is 1. The van der Waals surface area contributed by atoms with E-state index >= 15 is 0 Å². The van der Waals surface area contributed by atoms with Crippen molar-refractivity contribution < 1.29 is 14.0 Å². The van der Waals surface area contributed by atoms with Gasteiger partial charge in [0.2, 0.25) is 11.8 Å². The number of carbonyl (C=O) groups excluding carboxylic acids is 2. The zero-order valence-electron chi connectivity index (χ0n) is 11.1. The largest absolute Gasteiger partial charge is 0.368 e. The van der Waals surface area contributed by atoms with Crippen molar-refractivity contribution in [1.29, 1.82) is 0 Å². The summed E-state index contributed by atoms with van der Waals surface area (Å²) in [4.78, 5) is 27.4. The molecule has 20 heavy (non-hydrogen) atoms. The van der Waals surface area contributed by atoms with Gasteiger partial charge in [0.1, 0.15) is 5.82 Å². The van der Waals surface area contributed by atoms with Gasteiger partial charge in [-0.05, 0) is 30.7 Å². The fourth-order valence-electron chi connectivity index (χ4n) is 2.14. The van der Waals surface area contributed by atoms with Gasteiger partial charge in [-0.1, -0.05) is 0 Å². The lowest BCUT2D eigenvalue weighted by Gasteiger charge is -2.18. The maximum atomic E-state index is 13.3. The number of likely N-dealkylation sites (N-methyl/N-ethyl adjacent to an activating group) is 1. The molecule has 0 aliphatic carbocycles. The summed E-state index contributed by atoms with van der Waals surface area (Å²) in [6, 6.07) is 4.37. The Bertz CT molecular complexity index is 651. The molecule has 2 aromatic rings. The number of nitrogens with zero attached hydrogens (tertiary/aromatic N) is 1. The van der Waals surface area contributed by atoms with Crippen LogP contribution in [0.1, 0.15) is 12.5 Å². The third-order valence-corrected chi connectivity index (χ3v) is 3.15. The van der Waals surface area contributed by atoms with Crippen molar-refractivity contribution in [2.75, 3.05) is 13.1 Å². The van der Waals surface area contributed by atoms with Gasteiger partial charge in [-0.2, -0.15) is 0 Å². The summed E-state index contributed by atoms with van der Waals surface area (Å²) in [6.07, 6.45) is 1.78. The van der Waals surface area contributed by atoms with Crippen molar-refractivity contribution >= 4 is 22.7 Å². The minimum Gasteiger partial charge on any atom is -0.368 e. The normalized spacial score (nSPS) is 10.7. The maximum absolute atomic E-state index is 13.3. The molecule has 2 amide bonds. The standard InChI is InChI=1S/C14H16FN3O2/c1-2-18(8-13(16)19)14(20)5-9-7-17-12-4-3-10(15)6-11(9)12/h3-4,6-7,17H,2,5,8H2,1H3,(H2,16,19). The molecule has 0 aliphatic heterocycles. The highest BCUT2D eigenvalue weighted by Crippen LogP contribution is 2.20. The summed E-state index contributed by atoms with van der Waals surface area (Å²) in [5.74, 6) is -1.11. The van der Waals surface area contributed by atoms with Gasteiger partial charge in [-0.3, -0.25) is 9.59 Å². The number of rotatable bonds is 5. The minimum absolute atomic E-state index is 0.102. The highest BCUT2D eigenvalue weighted by Gasteiger charge is 2.16. The summed E-state index contributed by atoms with van der Waals surface area (Å²) in [7, 11) is 0. The summed E-state index contributed by atoms with van der Waals surface area (Å²) in [6.45, 7) is 2.07. The molecule has 0 saturated heterocycles. The van der Waals surface area contributed by atoms with Crippen molar-refractivity contribution in [3.8, 4) is 0 Å². The molecule has 0 spiro atoms. The average molecular weight is 277 g/mol. The lowest BCUT2D eigenvalue weighted by atomic mass is 10.1. The number of amides is 2. The molecule has 0 fully saturated rings. The molecule has 0 aliphatic rings. The molecule has 0 radical (unpaired) electrons. The van der Waals surface area contributed by atoms with Crippen molar-refractivity contribution in [3.05, 3.63) is 35.8 Å². The number of primary amides is 1. The molecular formula is C14H16FN3O2. The Morgan fingerprint density at radius 2 is 2.15 bits per heavy atom. The summed E-state index contributed by atoms with van der Waals surface area (Å²) >= 11 is 0. The van der Waals surface area contributed by atoms with E-state index in [1.165, 1.54) is 17.0 Å². The average Bonchev–Trinajstić information content (AvgIpc) is 2.78. The predicted octanol–water partition coefficient (Wildman–Crippen LogP) is 1.18. The maximum Gasteiger partial charge on any atom is 0.237 e. The van der Waals surface area contributed by atoms with Crippen LogP contribution in [0.25, 0.3) is 10.9 Å². The van der Waals surface area contributed by atoms with E-state index in [0.29, 0.717) is 17.5 Å². The Labute approximate surface area is 115 Å². The van der Waals surface area contributed by atoms with Gasteiger partial charge in [-0.25, -0.2) is 4.39 Å². The SMILES string of the molecule is CCN(CC(N)=O)C(=O)Cc1c[nH]c2ccc(F)cc12. The first-order chi connectivity index (χ1) is 9.51. The van der Waals surface area contributed by atoms with Crippen LogP contribution in [0.3, 0.4) is 0 Å². The summed E-state index contributed by atoms with van der Waals surface area (Å²) in [5, 5.41) is 0.675. The van der Waals surface area contributed by atoms with E-state index in [1.807, 2.05) is 0 Å². The first-order valence-electron chi connectivity index (χ1n) is 6.33. The van der Waals surface area contributed by atoms with E-state index in [2.05, 4.69) is 4.98 Å². The smallest absolute Gasteiger partial charge is 0.237 e. The number of H-pyrrole nitrogens is 1. The van der Waals surface area contributed by atoms with Gasteiger partial charge >= 0.3 is 0 Å². The molecule has 1 aromatic heterocycles. The van der Waals surface area contributed by atoms with E-state index in [1.54, 1.807) is 19.2 Å². The number of aromatic amines is 1. The van der Waals surface area contributed by atoms with Crippen LogP contribution >= 0.6 is 0 Å². The first kappa shape index (κ1) is 14.0. The quantitative estimate of drug-likeness (QED) is 0.860. The molecule has 0 atom stereocenters. The van der Waals surface area contributed by atoms with Crippen LogP contribution in [-0.2, 0) is 16.0 Å². The number of halogens is 1. The van der Waals surface area contributed by atoms with Gasteiger partial charge in [0.05, 0.1) is 13.0 Å². The Balaban J connectivity index is 2.20. The Morgan fingerprint density at radius 1 is 1.40 bits per heavy atom. The molecule has 5 nitrogen and oxygen atoms in total. The second kappa shape index (κ2) is 5.73. The summed E-state index contributed by atoms with van der Waals surface area (Å²) < 4.78 is 13.3. The Kier molecular flexibility index (Phi) is 4.02. The molecule has 2 rings (SSSR count). The van der Waals surface area contributed by atoms with Crippen molar-refractivity contribution in [1.82, 2.24) is 9.88 Å². The number of hydrogen-bond acceptors (Lipinski definition) is 2. The molecule has 1 aromatic carbocycles. The fraction of sp³-hybridized carbons (Fsp3) is 0.286. The van der Waals surface area contributed by atoms with E-state index in [4.69, 9.17) is 5.73 Å². The minimum atomic E-state index is -0.551. The van der Waals surface area contributed by atoms with Crippen LogP contribution in [0, 0.1) is 5.82 Å². The van der Waals surface area contributed by atoms with Crippen LogP contribution in [0.5, 0.6) is 0 Å². The molecular weight excluding hydrogens is 261 g/mol. The van der Waals surface area contributed by atoms with Crippen LogP contribution in [0.4, 0.5) is 4.39 Å². The van der Waals surface area contributed by atoms with Crippen LogP contribution in [0.15, 0.2) is 24.4 Å². The molecule has 0 saturated carbocycles. The highest BCUT2D eigenvalue weighted by molar-refractivity contribution is 5.90. The molecule has 6 heteroatoms. The number of aromatic nitrogens is 1. The number of hydrogen-bond donors (Lipinski definition) is 2. The third kappa shape index (κ3) is 2.96. The van der Waals surface area contributed by atoms with Crippen LogP contribution in [0.2, 0.25) is 0 Å². The zero-order valence-corrected chi connectivity index (χ0v) is 11.1. The van der Waals surface area contributed by atoms with Gasteiger partial charge in [0.15, 0.2) is 0 Å². The van der Waals surface area contributed by atoms with Gasteiger partial charge in [0, 0.05) is 23.6 Å². The Hall–Kier alpha value is -2.37. The molecule has 3 N–H and O–H groups in total. The van der Waals surface area contributed by atoms with Gasteiger partial charge < -0.3 is 15.6 Å². The van der Waals surface area contributed by atoms with E-state index in [0.717, 1.165) is 5.52 Å². The first-order valence-corrected chi connectivity index (χ1v) is 6.33. The van der Waals surface area contributed by atoms with Gasteiger partial charge in [-0.15, -0.1) is 0 Å². The van der Waals surface area contributed by atoms with E-state index < -0.39 is 5.91 Å². The topological polar surface area (TPSA) is 79.2 Å². The molecule has 106 valence electrons. The molecule has 1 heterocycles. The highest BCUT2D eigenvalue weighted by atomic mass is 19.1. The number of nitrogens with one attached hydrogen (secondary N) is 1. The number of nitrogens with two attached hydrogens (primary N) is 1. The lowest BCUT2D eigenvalue weighted by Crippen LogP contribution is -2.39. The third-order valence-electron chi connectivity index (χ3n) is 3.15. The van der Waals surface area contributed by atoms with Crippen molar-refractivity contribution in [2.24, 2.45) is 5.73 Å². The monoisotopic (exact) mass is 277 g/mol. The van der Waals surface area contributed by atoms with E-state index in [9.17, 15) is 14.0 Å². The predicted molar refractivity (Wildman–Crippen MR) is 73.4 cm³/mol.